The van der Waals surface area contributed by atoms with Gasteiger partial charge in [-0.3, -0.25) is 14.5 Å². The van der Waals surface area contributed by atoms with Crippen LogP contribution in [0.25, 0.3) is 17.4 Å². The molecule has 1 amide bonds. The number of halogens is 1. The van der Waals surface area contributed by atoms with Gasteiger partial charge in [-0.2, -0.15) is 19.5 Å². The van der Waals surface area contributed by atoms with E-state index >= 15 is 0 Å². The summed E-state index contributed by atoms with van der Waals surface area (Å²) in [6.45, 7) is 0.384. The first-order valence-corrected chi connectivity index (χ1v) is 12.9. The van der Waals surface area contributed by atoms with Crippen LogP contribution in [0.15, 0.2) is 58.2 Å². The standard InChI is InChI=1S/C22H19ClN10O5S/c23-15-9-13(8-14(17(15)34)18(24)35)39(36,37)32-12-4-3-11(27-10-12)5-6-26-21-29-20(25)33-22(30-21)28-19(31-33)16-2-1-7-38-16/h1-4,7-10,32,34H,5-6H2,(H2,24,35)(H3,25,26,28,29,30,31). The minimum atomic E-state index is -4.16. The number of nitrogen functional groups attached to an aromatic ring is 1. The van der Waals surface area contributed by atoms with Gasteiger partial charge in [-0.15, -0.1) is 5.10 Å². The number of amides is 1. The smallest absolute Gasteiger partial charge is 0.262 e. The molecule has 5 rings (SSSR count). The molecule has 0 bridgehead atoms. The largest absolute Gasteiger partial charge is 0.506 e. The Morgan fingerprint density at radius 1 is 1.18 bits per heavy atom. The highest BCUT2D eigenvalue weighted by Gasteiger charge is 2.21. The Labute approximate surface area is 224 Å². The summed E-state index contributed by atoms with van der Waals surface area (Å²) >= 11 is 5.85. The number of rotatable bonds is 9. The van der Waals surface area contributed by atoms with E-state index in [0.29, 0.717) is 30.2 Å². The van der Waals surface area contributed by atoms with Gasteiger partial charge in [-0.05, 0) is 36.4 Å². The number of aromatic hydroxyl groups is 1. The molecule has 39 heavy (non-hydrogen) atoms. The molecule has 0 unspecified atom stereocenters. The predicted octanol–water partition coefficient (Wildman–Crippen LogP) is 1.67. The van der Waals surface area contributed by atoms with Crippen molar-refractivity contribution in [2.45, 2.75) is 11.3 Å². The van der Waals surface area contributed by atoms with E-state index in [1.807, 2.05) is 0 Å². The molecule has 0 fully saturated rings. The average Bonchev–Trinajstić information content (AvgIpc) is 3.57. The first-order valence-electron chi connectivity index (χ1n) is 11.1. The number of hydrogen-bond donors (Lipinski definition) is 5. The summed E-state index contributed by atoms with van der Waals surface area (Å²) < 4.78 is 34.5. The maximum Gasteiger partial charge on any atom is 0.262 e. The number of carbonyl (C=O) groups is 1. The fourth-order valence-corrected chi connectivity index (χ4v) is 4.84. The Morgan fingerprint density at radius 2 is 2.00 bits per heavy atom. The van der Waals surface area contributed by atoms with Crippen LogP contribution in [-0.2, 0) is 16.4 Å². The Morgan fingerprint density at radius 3 is 2.69 bits per heavy atom. The summed E-state index contributed by atoms with van der Waals surface area (Å²) in [5, 5.41) is 16.8. The predicted molar refractivity (Wildman–Crippen MR) is 140 cm³/mol. The number of phenols is 1. The summed E-state index contributed by atoms with van der Waals surface area (Å²) in [6.07, 6.45) is 3.28. The zero-order valence-corrected chi connectivity index (χ0v) is 21.3. The van der Waals surface area contributed by atoms with E-state index in [-0.39, 0.29) is 33.3 Å². The molecular formula is C22H19ClN10O5S. The molecule has 1 aromatic carbocycles. The minimum absolute atomic E-state index is 0.0837. The summed E-state index contributed by atoms with van der Waals surface area (Å²) in [6, 6.07) is 8.51. The van der Waals surface area contributed by atoms with Gasteiger partial charge in [0, 0.05) is 18.7 Å². The number of nitrogens with one attached hydrogen (secondary N) is 2. The Kier molecular flexibility index (Phi) is 6.63. The number of aromatic nitrogens is 6. The van der Waals surface area contributed by atoms with Gasteiger partial charge in [-0.1, -0.05) is 11.6 Å². The number of carbonyl (C=O) groups excluding carboxylic acids is 1. The van der Waals surface area contributed by atoms with Crippen LogP contribution in [0.5, 0.6) is 5.75 Å². The molecule has 0 atom stereocenters. The molecule has 4 aromatic heterocycles. The highest BCUT2D eigenvalue weighted by atomic mass is 35.5. The van der Waals surface area contributed by atoms with Crippen molar-refractivity contribution in [3.05, 3.63) is 65.1 Å². The van der Waals surface area contributed by atoms with E-state index in [1.165, 1.54) is 23.0 Å². The molecule has 0 saturated carbocycles. The van der Waals surface area contributed by atoms with Gasteiger partial charge in [-0.25, -0.2) is 8.42 Å². The van der Waals surface area contributed by atoms with Crippen molar-refractivity contribution in [3.8, 4) is 17.3 Å². The lowest BCUT2D eigenvalue weighted by Gasteiger charge is -2.11. The highest BCUT2D eigenvalue weighted by molar-refractivity contribution is 7.92. The molecule has 0 aliphatic heterocycles. The number of sulfonamides is 1. The van der Waals surface area contributed by atoms with Gasteiger partial charge in [0.05, 0.1) is 33.6 Å². The normalized spacial score (nSPS) is 11.5. The number of anilines is 3. The topological polar surface area (TPSA) is 230 Å². The van der Waals surface area contributed by atoms with E-state index in [1.54, 1.807) is 18.2 Å². The van der Waals surface area contributed by atoms with E-state index < -0.39 is 27.2 Å². The van der Waals surface area contributed by atoms with Crippen molar-refractivity contribution in [3.63, 3.8) is 0 Å². The molecule has 0 aliphatic rings. The molecule has 15 nitrogen and oxygen atoms in total. The van der Waals surface area contributed by atoms with Crippen LogP contribution in [0.1, 0.15) is 16.1 Å². The van der Waals surface area contributed by atoms with E-state index in [2.05, 4.69) is 35.1 Å². The molecule has 0 saturated heterocycles. The second kappa shape index (κ2) is 10.1. The van der Waals surface area contributed by atoms with Crippen LogP contribution < -0.4 is 21.5 Å². The molecule has 5 aromatic rings. The number of hydrogen-bond acceptors (Lipinski definition) is 12. The van der Waals surface area contributed by atoms with Crippen LogP contribution in [0.3, 0.4) is 0 Å². The number of nitrogens with two attached hydrogens (primary N) is 2. The Hall–Kier alpha value is -4.96. The minimum Gasteiger partial charge on any atom is -0.506 e. The van der Waals surface area contributed by atoms with Gasteiger partial charge in [0.25, 0.3) is 21.7 Å². The number of benzene rings is 1. The fraction of sp³-hybridized carbons (Fsp3) is 0.0909. The Bertz CT molecular complexity index is 1790. The van der Waals surface area contributed by atoms with Gasteiger partial charge >= 0.3 is 0 Å². The van der Waals surface area contributed by atoms with Gasteiger partial charge < -0.3 is 26.3 Å². The lowest BCUT2D eigenvalue weighted by Crippen LogP contribution is -2.16. The molecule has 0 spiro atoms. The maximum absolute atomic E-state index is 12.8. The average molecular weight is 571 g/mol. The van der Waals surface area contributed by atoms with Crippen LogP contribution >= 0.6 is 11.6 Å². The third-order valence-corrected chi connectivity index (χ3v) is 6.98. The highest BCUT2D eigenvalue weighted by Crippen LogP contribution is 2.31. The molecule has 200 valence electrons. The molecule has 0 radical (unpaired) electrons. The number of pyridine rings is 1. The van der Waals surface area contributed by atoms with Crippen LogP contribution in [0, 0.1) is 0 Å². The van der Waals surface area contributed by atoms with Gasteiger partial charge in [0.15, 0.2) is 5.76 Å². The SMILES string of the molecule is NC(=O)c1cc(S(=O)(=O)Nc2ccc(CCNc3nc(N)n4nc(-c5ccco5)nc4n3)nc2)cc(Cl)c1O. The molecule has 7 N–H and O–H groups in total. The maximum atomic E-state index is 12.8. The molecule has 0 aliphatic carbocycles. The van der Waals surface area contributed by atoms with Crippen molar-refractivity contribution >= 4 is 50.9 Å². The van der Waals surface area contributed by atoms with E-state index in [0.717, 1.165) is 12.1 Å². The second-order valence-corrected chi connectivity index (χ2v) is 10.1. The lowest BCUT2D eigenvalue weighted by atomic mass is 10.2. The first-order chi connectivity index (χ1) is 18.6. The summed E-state index contributed by atoms with van der Waals surface area (Å²) in [4.78, 5) is 28.2. The molecule has 4 heterocycles. The van der Waals surface area contributed by atoms with Crippen LogP contribution in [0.4, 0.5) is 17.6 Å². The first kappa shape index (κ1) is 25.7. The van der Waals surface area contributed by atoms with Crippen molar-refractivity contribution in [2.24, 2.45) is 5.73 Å². The summed E-state index contributed by atoms with van der Waals surface area (Å²) in [5.74, 6) is -0.279. The zero-order chi connectivity index (χ0) is 27.7. The van der Waals surface area contributed by atoms with E-state index in [4.69, 9.17) is 27.5 Å². The fourth-order valence-electron chi connectivity index (χ4n) is 3.46. The van der Waals surface area contributed by atoms with Crippen LogP contribution in [0.2, 0.25) is 5.02 Å². The second-order valence-electron chi connectivity index (χ2n) is 8.02. The van der Waals surface area contributed by atoms with Crippen molar-refractivity contribution < 1.29 is 22.7 Å². The number of primary amides is 1. The molecule has 17 heteroatoms. The third kappa shape index (κ3) is 5.36. The number of fused-ring (bicyclic) bond motifs is 1. The third-order valence-electron chi connectivity index (χ3n) is 5.33. The summed E-state index contributed by atoms with van der Waals surface area (Å²) in [7, 11) is -4.16. The monoisotopic (exact) mass is 570 g/mol. The number of furan rings is 1. The number of nitrogens with zero attached hydrogens (tertiary/aromatic N) is 6. The Balaban J connectivity index is 1.23. The van der Waals surface area contributed by atoms with E-state index in [9.17, 15) is 18.3 Å². The van der Waals surface area contributed by atoms with Gasteiger partial charge in [0.1, 0.15) is 5.75 Å². The quantitative estimate of drug-likeness (QED) is 0.170. The van der Waals surface area contributed by atoms with Crippen LogP contribution in [-0.4, -0.2) is 55.5 Å². The van der Waals surface area contributed by atoms with Crippen molar-refractivity contribution in [1.82, 2.24) is 29.5 Å². The van der Waals surface area contributed by atoms with Gasteiger partial charge in [0.2, 0.25) is 17.7 Å². The molecular weight excluding hydrogens is 552 g/mol. The lowest BCUT2D eigenvalue weighted by molar-refractivity contribution is 0.0997. The van der Waals surface area contributed by atoms with Crippen molar-refractivity contribution in [1.29, 1.82) is 0 Å². The summed E-state index contributed by atoms with van der Waals surface area (Å²) in [5.41, 5.74) is 11.6. The van der Waals surface area contributed by atoms with Crippen molar-refractivity contribution in [2.75, 3.05) is 22.3 Å². The zero-order valence-electron chi connectivity index (χ0n) is 19.7.